The van der Waals surface area contributed by atoms with E-state index in [2.05, 4.69) is 19.2 Å². The predicted octanol–water partition coefficient (Wildman–Crippen LogP) is 1.36. The fourth-order valence-electron chi connectivity index (χ4n) is 2.74. The number of carbonyl (C=O) groups excluding carboxylic acids is 1. The molecule has 17 heavy (non-hydrogen) atoms. The summed E-state index contributed by atoms with van der Waals surface area (Å²) in [6, 6.07) is 0.0587. The van der Waals surface area contributed by atoms with E-state index in [9.17, 15) is 4.79 Å². The molecule has 2 saturated heterocycles. The van der Waals surface area contributed by atoms with Crippen molar-refractivity contribution >= 4 is 5.91 Å². The van der Waals surface area contributed by atoms with Gasteiger partial charge in [0, 0.05) is 19.8 Å². The van der Waals surface area contributed by atoms with Crippen molar-refractivity contribution in [2.45, 2.75) is 45.6 Å². The zero-order valence-corrected chi connectivity index (χ0v) is 11.0. The first-order valence-electron chi connectivity index (χ1n) is 6.74. The zero-order valence-electron chi connectivity index (χ0n) is 11.0. The number of hydrogen-bond donors (Lipinski definition) is 1. The normalized spacial score (nSPS) is 28.7. The van der Waals surface area contributed by atoms with Crippen LogP contribution in [0.15, 0.2) is 0 Å². The fraction of sp³-hybridized carbons (Fsp3) is 0.923. The summed E-state index contributed by atoms with van der Waals surface area (Å²) in [4.78, 5) is 14.1. The van der Waals surface area contributed by atoms with Crippen LogP contribution in [0, 0.1) is 5.41 Å². The Bertz CT molecular complexity index is 275. The molecule has 2 fully saturated rings. The van der Waals surface area contributed by atoms with Crippen LogP contribution >= 0.6 is 0 Å². The molecule has 0 aromatic heterocycles. The van der Waals surface area contributed by atoms with Crippen LogP contribution in [0.2, 0.25) is 0 Å². The largest absolute Gasteiger partial charge is 0.381 e. The first-order chi connectivity index (χ1) is 8.14. The minimum atomic E-state index is 0.0587. The van der Waals surface area contributed by atoms with E-state index in [0.717, 1.165) is 52.1 Å². The van der Waals surface area contributed by atoms with E-state index >= 15 is 0 Å². The molecular weight excluding hydrogens is 216 g/mol. The minimum Gasteiger partial charge on any atom is -0.381 e. The third kappa shape index (κ3) is 2.99. The summed E-state index contributed by atoms with van der Waals surface area (Å²) in [5.41, 5.74) is 0.247. The van der Waals surface area contributed by atoms with Crippen molar-refractivity contribution in [1.82, 2.24) is 10.2 Å². The topological polar surface area (TPSA) is 41.6 Å². The average Bonchev–Trinajstić information content (AvgIpc) is 2.63. The Morgan fingerprint density at radius 1 is 1.47 bits per heavy atom. The Labute approximate surface area is 104 Å². The van der Waals surface area contributed by atoms with Gasteiger partial charge in [0.2, 0.25) is 5.91 Å². The van der Waals surface area contributed by atoms with Gasteiger partial charge in [-0.15, -0.1) is 0 Å². The molecule has 0 aliphatic carbocycles. The molecule has 0 spiro atoms. The number of hydrogen-bond acceptors (Lipinski definition) is 3. The minimum absolute atomic E-state index is 0.0587. The number of nitrogens with one attached hydrogen (secondary N) is 1. The van der Waals surface area contributed by atoms with Gasteiger partial charge in [-0.3, -0.25) is 10.1 Å². The van der Waals surface area contributed by atoms with Gasteiger partial charge in [-0.25, -0.2) is 0 Å². The Kier molecular flexibility index (Phi) is 4.05. The van der Waals surface area contributed by atoms with Gasteiger partial charge in [-0.05, 0) is 24.7 Å². The summed E-state index contributed by atoms with van der Waals surface area (Å²) in [5.74, 6) is 0.291. The van der Waals surface area contributed by atoms with Gasteiger partial charge in [-0.1, -0.05) is 20.3 Å². The fourth-order valence-corrected chi connectivity index (χ4v) is 2.74. The van der Waals surface area contributed by atoms with Gasteiger partial charge in [0.05, 0.1) is 12.7 Å². The van der Waals surface area contributed by atoms with E-state index in [0.29, 0.717) is 5.91 Å². The molecule has 4 heteroatoms. The summed E-state index contributed by atoms with van der Waals surface area (Å²) in [7, 11) is 0. The lowest BCUT2D eigenvalue weighted by atomic mass is 9.82. The van der Waals surface area contributed by atoms with Crippen LogP contribution in [0.4, 0.5) is 0 Å². The Morgan fingerprint density at radius 2 is 2.18 bits per heavy atom. The molecule has 0 saturated carbocycles. The standard InChI is InChI=1S/C13H24N2O2/c1-3-4-11-12(16)15(10-14-11)9-13(2)5-7-17-8-6-13/h11,14H,3-10H2,1-2H3. The number of amides is 1. The van der Waals surface area contributed by atoms with E-state index in [1.54, 1.807) is 0 Å². The van der Waals surface area contributed by atoms with Crippen LogP contribution in [0.3, 0.4) is 0 Å². The summed E-state index contributed by atoms with van der Waals surface area (Å²) in [5, 5.41) is 3.31. The smallest absolute Gasteiger partial charge is 0.240 e. The zero-order chi connectivity index (χ0) is 12.3. The van der Waals surface area contributed by atoms with Crippen LogP contribution in [0.5, 0.6) is 0 Å². The van der Waals surface area contributed by atoms with Crippen LogP contribution in [0.1, 0.15) is 39.5 Å². The molecule has 0 aromatic rings. The molecule has 2 rings (SSSR count). The Morgan fingerprint density at radius 3 is 2.82 bits per heavy atom. The highest BCUT2D eigenvalue weighted by atomic mass is 16.5. The summed E-state index contributed by atoms with van der Waals surface area (Å²) < 4.78 is 5.40. The van der Waals surface area contributed by atoms with Gasteiger partial charge in [0.25, 0.3) is 0 Å². The molecule has 98 valence electrons. The van der Waals surface area contributed by atoms with E-state index in [1.807, 2.05) is 4.90 Å². The summed E-state index contributed by atoms with van der Waals surface area (Å²) >= 11 is 0. The van der Waals surface area contributed by atoms with E-state index in [4.69, 9.17) is 4.74 Å². The number of ether oxygens (including phenoxy) is 1. The molecule has 1 atom stereocenters. The lowest BCUT2D eigenvalue weighted by molar-refractivity contribution is -0.131. The molecule has 0 radical (unpaired) electrons. The third-order valence-corrected chi connectivity index (χ3v) is 3.99. The number of nitrogens with zero attached hydrogens (tertiary/aromatic N) is 1. The van der Waals surface area contributed by atoms with Crippen molar-refractivity contribution in [3.05, 3.63) is 0 Å². The first kappa shape index (κ1) is 12.8. The van der Waals surface area contributed by atoms with Crippen LogP contribution < -0.4 is 5.32 Å². The van der Waals surface area contributed by atoms with Crippen LogP contribution in [-0.2, 0) is 9.53 Å². The highest BCUT2D eigenvalue weighted by Gasteiger charge is 2.36. The van der Waals surface area contributed by atoms with Gasteiger partial charge in [-0.2, -0.15) is 0 Å². The second-order valence-corrected chi connectivity index (χ2v) is 5.66. The third-order valence-electron chi connectivity index (χ3n) is 3.99. The van der Waals surface area contributed by atoms with Crippen molar-refractivity contribution in [3.63, 3.8) is 0 Å². The molecule has 0 aromatic carbocycles. The number of rotatable bonds is 4. The first-order valence-corrected chi connectivity index (χ1v) is 6.74. The summed E-state index contributed by atoms with van der Waals surface area (Å²) in [6.07, 6.45) is 4.14. The van der Waals surface area contributed by atoms with E-state index in [1.165, 1.54) is 0 Å². The summed E-state index contributed by atoms with van der Waals surface area (Å²) in [6.45, 7) is 7.67. The van der Waals surface area contributed by atoms with Crippen LogP contribution in [0.25, 0.3) is 0 Å². The molecule has 1 N–H and O–H groups in total. The Balaban J connectivity index is 1.89. The van der Waals surface area contributed by atoms with Crippen molar-refractivity contribution in [2.75, 3.05) is 26.4 Å². The maximum Gasteiger partial charge on any atom is 0.240 e. The lowest BCUT2D eigenvalue weighted by Crippen LogP contribution is -2.41. The SMILES string of the molecule is CCCC1NCN(CC2(C)CCOCC2)C1=O. The van der Waals surface area contributed by atoms with Crippen molar-refractivity contribution < 1.29 is 9.53 Å². The van der Waals surface area contributed by atoms with E-state index < -0.39 is 0 Å². The quantitative estimate of drug-likeness (QED) is 0.807. The van der Waals surface area contributed by atoms with Crippen LogP contribution in [-0.4, -0.2) is 43.3 Å². The molecule has 0 bridgehead atoms. The maximum absolute atomic E-state index is 12.1. The second-order valence-electron chi connectivity index (χ2n) is 5.66. The highest BCUT2D eigenvalue weighted by Crippen LogP contribution is 2.31. The Hall–Kier alpha value is -0.610. The molecule has 2 aliphatic heterocycles. The highest BCUT2D eigenvalue weighted by molar-refractivity contribution is 5.83. The van der Waals surface area contributed by atoms with E-state index in [-0.39, 0.29) is 11.5 Å². The maximum atomic E-state index is 12.1. The molecular formula is C13H24N2O2. The lowest BCUT2D eigenvalue weighted by Gasteiger charge is -2.36. The van der Waals surface area contributed by atoms with Gasteiger partial charge < -0.3 is 9.64 Å². The average molecular weight is 240 g/mol. The second kappa shape index (κ2) is 5.36. The molecule has 1 unspecified atom stereocenters. The van der Waals surface area contributed by atoms with Gasteiger partial charge >= 0.3 is 0 Å². The molecule has 4 nitrogen and oxygen atoms in total. The molecule has 1 amide bonds. The van der Waals surface area contributed by atoms with Gasteiger partial charge in [0.15, 0.2) is 0 Å². The number of carbonyl (C=O) groups is 1. The molecule has 2 aliphatic rings. The van der Waals surface area contributed by atoms with Crippen molar-refractivity contribution in [2.24, 2.45) is 5.41 Å². The molecule has 2 heterocycles. The van der Waals surface area contributed by atoms with Crippen molar-refractivity contribution in [3.8, 4) is 0 Å². The van der Waals surface area contributed by atoms with Crippen molar-refractivity contribution in [1.29, 1.82) is 0 Å². The monoisotopic (exact) mass is 240 g/mol. The van der Waals surface area contributed by atoms with Gasteiger partial charge in [0.1, 0.15) is 0 Å². The predicted molar refractivity (Wildman–Crippen MR) is 66.6 cm³/mol.